The number of aromatic amines is 1. The molecule has 0 bridgehead atoms. The Morgan fingerprint density at radius 2 is 1.88 bits per heavy atom. The molecule has 0 aliphatic carbocycles. The number of aromatic nitrogens is 3. The van der Waals surface area contributed by atoms with Crippen LogP contribution in [0.3, 0.4) is 0 Å². The van der Waals surface area contributed by atoms with Gasteiger partial charge in [0.15, 0.2) is 5.65 Å². The average Bonchev–Trinajstić information content (AvgIpc) is 3.45. The van der Waals surface area contributed by atoms with E-state index in [1.165, 1.54) is 12.1 Å². The quantitative estimate of drug-likeness (QED) is 0.622. The number of alkyl halides is 3. The second kappa shape index (κ2) is 8.79. The molecule has 2 aromatic heterocycles. The van der Waals surface area contributed by atoms with Gasteiger partial charge < -0.3 is 14.4 Å². The number of carbonyl (C=O) groups excluding carboxylic acids is 1. The zero-order valence-electron chi connectivity index (χ0n) is 18.2. The molecule has 180 valence electrons. The molecular formula is C23H23F3N4O4. The summed E-state index contributed by atoms with van der Waals surface area (Å²) in [5.74, 6) is -0.380. The maximum atomic E-state index is 12.8. The van der Waals surface area contributed by atoms with E-state index in [9.17, 15) is 22.8 Å². The van der Waals surface area contributed by atoms with Crippen LogP contribution in [0.1, 0.15) is 47.1 Å². The number of nitrogens with one attached hydrogen (secondary N) is 1. The summed E-state index contributed by atoms with van der Waals surface area (Å²) in [5.41, 5.74) is 2.38. The average molecular weight is 476 g/mol. The molecule has 5 rings (SSSR count). The first-order chi connectivity index (χ1) is 16.3. The molecule has 1 aromatic carbocycles. The predicted molar refractivity (Wildman–Crippen MR) is 116 cm³/mol. The summed E-state index contributed by atoms with van der Waals surface area (Å²) < 4.78 is 48.1. The fourth-order valence-electron chi connectivity index (χ4n) is 4.71. The number of fused-ring (bicyclic) bond motifs is 1. The Labute approximate surface area is 192 Å². The minimum Gasteiger partial charge on any atom is -0.406 e. The summed E-state index contributed by atoms with van der Waals surface area (Å²) in [6.45, 7) is 2.21. The highest BCUT2D eigenvalue weighted by Crippen LogP contribution is 2.30. The van der Waals surface area contributed by atoms with Crippen LogP contribution in [0.5, 0.6) is 5.75 Å². The first-order valence-corrected chi connectivity index (χ1v) is 11.1. The van der Waals surface area contributed by atoms with E-state index in [2.05, 4.69) is 14.7 Å². The van der Waals surface area contributed by atoms with Gasteiger partial charge >= 0.3 is 12.1 Å². The molecule has 0 unspecified atom stereocenters. The van der Waals surface area contributed by atoms with E-state index in [-0.39, 0.29) is 34.9 Å². The standard InChI is InChI=1S/C23H23F3N4O4/c24-23(25,26)34-18-3-1-14(2-4-18)21(31)29-8-5-17(6-9-29)30-19-11-16(15-7-10-33-13-15)12-27-20(19)28-22(30)32/h1-4,11-12,15,17H,5-10,13H2,(H,27,28,32)/t15-/m0/s1. The van der Waals surface area contributed by atoms with Crippen LogP contribution >= 0.6 is 0 Å². The zero-order valence-corrected chi connectivity index (χ0v) is 18.2. The smallest absolute Gasteiger partial charge is 0.406 e. The van der Waals surface area contributed by atoms with Gasteiger partial charge in [-0.15, -0.1) is 13.2 Å². The molecule has 3 aromatic rings. The molecule has 11 heteroatoms. The fourth-order valence-corrected chi connectivity index (χ4v) is 4.71. The van der Waals surface area contributed by atoms with E-state index < -0.39 is 6.36 Å². The Morgan fingerprint density at radius 1 is 1.15 bits per heavy atom. The number of pyridine rings is 1. The number of likely N-dealkylation sites (tertiary alicyclic amines) is 1. The molecule has 2 fully saturated rings. The van der Waals surface area contributed by atoms with E-state index in [4.69, 9.17) is 4.74 Å². The van der Waals surface area contributed by atoms with Crippen molar-refractivity contribution < 1.29 is 27.4 Å². The van der Waals surface area contributed by atoms with Crippen LogP contribution in [-0.4, -0.2) is 58.0 Å². The Morgan fingerprint density at radius 3 is 2.53 bits per heavy atom. The summed E-state index contributed by atoms with van der Waals surface area (Å²) in [6.07, 6.45) is -0.926. The third-order valence-electron chi connectivity index (χ3n) is 6.45. The van der Waals surface area contributed by atoms with Crippen LogP contribution < -0.4 is 10.4 Å². The molecular weight excluding hydrogens is 453 g/mol. The van der Waals surface area contributed by atoms with E-state index >= 15 is 0 Å². The predicted octanol–water partition coefficient (Wildman–Crippen LogP) is 3.60. The summed E-state index contributed by atoms with van der Waals surface area (Å²) in [5, 5.41) is 0. The van der Waals surface area contributed by atoms with Crippen molar-refractivity contribution in [1.29, 1.82) is 0 Å². The summed E-state index contributed by atoms with van der Waals surface area (Å²) in [6, 6.07) is 6.79. The molecule has 2 saturated heterocycles. The van der Waals surface area contributed by atoms with Crippen molar-refractivity contribution in [3.05, 3.63) is 58.1 Å². The van der Waals surface area contributed by atoms with Gasteiger partial charge in [0.25, 0.3) is 5.91 Å². The van der Waals surface area contributed by atoms with Crippen LogP contribution in [0.4, 0.5) is 13.2 Å². The molecule has 0 saturated carbocycles. The lowest BCUT2D eigenvalue weighted by atomic mass is 10.00. The Kier molecular flexibility index (Phi) is 5.80. The van der Waals surface area contributed by atoms with Gasteiger partial charge in [-0.1, -0.05) is 0 Å². The molecule has 0 radical (unpaired) electrons. The van der Waals surface area contributed by atoms with Crippen LogP contribution in [0.15, 0.2) is 41.3 Å². The highest BCUT2D eigenvalue weighted by Gasteiger charge is 2.31. The number of halogens is 3. The lowest BCUT2D eigenvalue weighted by Gasteiger charge is -2.32. The molecule has 2 aliphatic rings. The van der Waals surface area contributed by atoms with Crippen LogP contribution in [-0.2, 0) is 4.74 Å². The molecule has 4 heterocycles. The largest absolute Gasteiger partial charge is 0.573 e. The van der Waals surface area contributed by atoms with Gasteiger partial charge in [-0.2, -0.15) is 0 Å². The minimum absolute atomic E-state index is 0.0928. The van der Waals surface area contributed by atoms with E-state index in [1.807, 2.05) is 6.07 Å². The maximum absolute atomic E-state index is 12.8. The van der Waals surface area contributed by atoms with Crippen molar-refractivity contribution in [3.8, 4) is 5.75 Å². The van der Waals surface area contributed by atoms with Crippen LogP contribution in [0.25, 0.3) is 11.2 Å². The molecule has 34 heavy (non-hydrogen) atoms. The van der Waals surface area contributed by atoms with Crippen molar-refractivity contribution in [3.63, 3.8) is 0 Å². The topological polar surface area (TPSA) is 89.5 Å². The van der Waals surface area contributed by atoms with Gasteiger partial charge in [0, 0.05) is 43.4 Å². The number of ether oxygens (including phenoxy) is 2. The fraction of sp³-hybridized carbons (Fsp3) is 0.435. The van der Waals surface area contributed by atoms with Crippen molar-refractivity contribution in [2.24, 2.45) is 0 Å². The second-order valence-electron chi connectivity index (χ2n) is 8.59. The zero-order chi connectivity index (χ0) is 23.9. The van der Waals surface area contributed by atoms with Crippen LogP contribution in [0, 0.1) is 0 Å². The number of benzene rings is 1. The number of hydrogen-bond donors (Lipinski definition) is 1. The van der Waals surface area contributed by atoms with E-state index in [0.29, 0.717) is 44.8 Å². The van der Waals surface area contributed by atoms with Gasteiger partial charge in [0.05, 0.1) is 12.1 Å². The Hall–Kier alpha value is -3.34. The minimum atomic E-state index is -4.78. The lowest BCUT2D eigenvalue weighted by Crippen LogP contribution is -2.40. The molecule has 1 amide bonds. The number of nitrogens with zero attached hydrogens (tertiary/aromatic N) is 3. The van der Waals surface area contributed by atoms with Gasteiger partial charge in [-0.3, -0.25) is 14.3 Å². The normalized spacial score (nSPS) is 19.6. The van der Waals surface area contributed by atoms with E-state index in [0.717, 1.165) is 29.6 Å². The number of hydrogen-bond acceptors (Lipinski definition) is 5. The van der Waals surface area contributed by atoms with Gasteiger partial charge in [-0.25, -0.2) is 9.78 Å². The number of imidazole rings is 1. The van der Waals surface area contributed by atoms with Gasteiger partial charge in [0.2, 0.25) is 0 Å². The number of amides is 1. The number of H-pyrrole nitrogens is 1. The molecule has 0 spiro atoms. The van der Waals surface area contributed by atoms with E-state index in [1.54, 1.807) is 15.7 Å². The summed E-state index contributed by atoms with van der Waals surface area (Å²) >= 11 is 0. The number of rotatable bonds is 4. The highest BCUT2D eigenvalue weighted by molar-refractivity contribution is 5.94. The van der Waals surface area contributed by atoms with Crippen molar-refractivity contribution in [1.82, 2.24) is 19.4 Å². The number of piperidine rings is 1. The summed E-state index contributed by atoms with van der Waals surface area (Å²) in [4.78, 5) is 34.4. The summed E-state index contributed by atoms with van der Waals surface area (Å²) in [7, 11) is 0. The molecule has 1 N–H and O–H groups in total. The van der Waals surface area contributed by atoms with Crippen molar-refractivity contribution in [2.75, 3.05) is 26.3 Å². The molecule has 1 atom stereocenters. The van der Waals surface area contributed by atoms with Gasteiger partial charge in [0.1, 0.15) is 5.75 Å². The monoisotopic (exact) mass is 476 g/mol. The van der Waals surface area contributed by atoms with Crippen molar-refractivity contribution >= 4 is 17.1 Å². The first kappa shape index (κ1) is 22.5. The second-order valence-corrected chi connectivity index (χ2v) is 8.59. The third-order valence-corrected chi connectivity index (χ3v) is 6.45. The van der Waals surface area contributed by atoms with Gasteiger partial charge in [-0.05, 0) is 55.2 Å². The molecule has 8 nitrogen and oxygen atoms in total. The first-order valence-electron chi connectivity index (χ1n) is 11.1. The lowest BCUT2D eigenvalue weighted by molar-refractivity contribution is -0.274. The number of carbonyl (C=O) groups is 1. The van der Waals surface area contributed by atoms with Crippen molar-refractivity contribution in [2.45, 2.75) is 37.6 Å². The van der Waals surface area contributed by atoms with Crippen LogP contribution in [0.2, 0.25) is 0 Å². The third kappa shape index (κ3) is 4.52. The Bertz CT molecular complexity index is 1240. The Balaban J connectivity index is 1.28. The maximum Gasteiger partial charge on any atom is 0.573 e. The highest BCUT2D eigenvalue weighted by atomic mass is 19.4. The SMILES string of the molecule is O=C(c1ccc(OC(F)(F)F)cc1)N1CCC(n2c(=O)[nH]c3ncc([C@H]4CCOC4)cc32)CC1. The molecule has 2 aliphatic heterocycles.